The molecule has 0 bridgehead atoms. The van der Waals surface area contributed by atoms with Gasteiger partial charge >= 0.3 is 5.97 Å². The van der Waals surface area contributed by atoms with Crippen LogP contribution < -0.4 is 4.74 Å². The molecule has 0 radical (unpaired) electrons. The Bertz CT molecular complexity index is 674. The van der Waals surface area contributed by atoms with Crippen LogP contribution in [0, 0.1) is 6.92 Å². The van der Waals surface area contributed by atoms with Crippen LogP contribution in [0.1, 0.15) is 21.5 Å². The number of rotatable bonds is 4. The fourth-order valence-electron chi connectivity index (χ4n) is 1.78. The Balaban J connectivity index is 2.10. The van der Waals surface area contributed by atoms with E-state index in [1.165, 1.54) is 12.3 Å². The summed E-state index contributed by atoms with van der Waals surface area (Å²) in [6.45, 7) is 2.05. The number of pyridine rings is 1. The summed E-state index contributed by atoms with van der Waals surface area (Å²) in [7, 11) is 1.57. The van der Waals surface area contributed by atoms with Crippen molar-refractivity contribution in [1.29, 1.82) is 0 Å². The van der Waals surface area contributed by atoms with Gasteiger partial charge in [-0.3, -0.25) is 0 Å². The number of hydrogen-bond donors (Lipinski definition) is 0. The molecule has 4 nitrogen and oxygen atoms in total. The van der Waals surface area contributed by atoms with Gasteiger partial charge in [-0.25, -0.2) is 9.78 Å². The molecule has 0 amide bonds. The molecule has 0 atom stereocenters. The highest BCUT2D eigenvalue weighted by Gasteiger charge is 2.12. The highest BCUT2D eigenvalue weighted by molar-refractivity contribution is 6.41. The fourth-order valence-corrected chi connectivity index (χ4v) is 2.05. The normalized spacial score (nSPS) is 10.3. The van der Waals surface area contributed by atoms with Crippen molar-refractivity contribution in [3.8, 4) is 5.75 Å². The lowest BCUT2D eigenvalue weighted by molar-refractivity contribution is 0.0469. The maximum atomic E-state index is 12.0. The van der Waals surface area contributed by atoms with E-state index in [0.29, 0.717) is 5.75 Å². The first-order valence-corrected chi connectivity index (χ1v) is 6.88. The molecule has 1 aromatic carbocycles. The van der Waals surface area contributed by atoms with E-state index in [2.05, 4.69) is 4.98 Å². The standard InChI is InChI=1S/C15H13Cl2NO3/c1-9-3-4-13(20-2)11(5-9)8-21-15(19)10-6-12(16)14(17)18-7-10/h3-7H,8H2,1-2H3. The zero-order valence-electron chi connectivity index (χ0n) is 11.5. The van der Waals surface area contributed by atoms with Gasteiger partial charge in [-0.2, -0.15) is 0 Å². The molecule has 0 unspecified atom stereocenters. The van der Waals surface area contributed by atoms with Gasteiger partial charge in [0, 0.05) is 11.8 Å². The number of benzene rings is 1. The summed E-state index contributed by atoms with van der Waals surface area (Å²) in [5.74, 6) is 0.144. The van der Waals surface area contributed by atoms with Crippen LogP contribution in [0.3, 0.4) is 0 Å². The molecule has 0 aliphatic rings. The lowest BCUT2D eigenvalue weighted by Crippen LogP contribution is -2.07. The maximum absolute atomic E-state index is 12.0. The Labute approximate surface area is 132 Å². The number of carbonyl (C=O) groups is 1. The molecular formula is C15H13Cl2NO3. The summed E-state index contributed by atoms with van der Waals surface area (Å²) < 4.78 is 10.5. The van der Waals surface area contributed by atoms with E-state index in [-0.39, 0.29) is 22.3 Å². The summed E-state index contributed by atoms with van der Waals surface area (Å²) in [4.78, 5) is 15.8. The number of halogens is 2. The zero-order chi connectivity index (χ0) is 15.4. The van der Waals surface area contributed by atoms with Crippen LogP contribution in [0.2, 0.25) is 10.2 Å². The predicted molar refractivity (Wildman–Crippen MR) is 81.1 cm³/mol. The van der Waals surface area contributed by atoms with Crippen LogP contribution >= 0.6 is 23.2 Å². The number of hydrogen-bond acceptors (Lipinski definition) is 4. The van der Waals surface area contributed by atoms with Gasteiger partial charge in [0.25, 0.3) is 0 Å². The Morgan fingerprint density at radius 3 is 2.71 bits per heavy atom. The van der Waals surface area contributed by atoms with Crippen molar-refractivity contribution in [2.24, 2.45) is 0 Å². The number of nitrogens with zero attached hydrogens (tertiary/aromatic N) is 1. The molecule has 2 aromatic rings. The first-order valence-electron chi connectivity index (χ1n) is 6.13. The van der Waals surface area contributed by atoms with Crippen molar-refractivity contribution in [1.82, 2.24) is 4.98 Å². The molecular weight excluding hydrogens is 313 g/mol. The minimum Gasteiger partial charge on any atom is -0.496 e. The average Bonchev–Trinajstić information content (AvgIpc) is 2.47. The number of methoxy groups -OCH3 is 1. The highest BCUT2D eigenvalue weighted by atomic mass is 35.5. The van der Waals surface area contributed by atoms with Crippen molar-refractivity contribution in [2.45, 2.75) is 13.5 Å². The second-order valence-electron chi connectivity index (χ2n) is 4.39. The third kappa shape index (κ3) is 3.86. The van der Waals surface area contributed by atoms with Crippen LogP contribution in [0.25, 0.3) is 0 Å². The first kappa shape index (κ1) is 15.6. The molecule has 0 saturated heterocycles. The first-order chi connectivity index (χ1) is 10.0. The van der Waals surface area contributed by atoms with Gasteiger partial charge in [-0.1, -0.05) is 34.8 Å². The summed E-state index contributed by atoms with van der Waals surface area (Å²) in [5, 5.41) is 0.354. The summed E-state index contributed by atoms with van der Waals surface area (Å²) in [6, 6.07) is 7.08. The quantitative estimate of drug-likeness (QED) is 0.628. The van der Waals surface area contributed by atoms with Crippen molar-refractivity contribution in [3.63, 3.8) is 0 Å². The van der Waals surface area contributed by atoms with Crippen molar-refractivity contribution >= 4 is 29.2 Å². The maximum Gasteiger partial charge on any atom is 0.340 e. The van der Waals surface area contributed by atoms with Crippen LogP contribution in [0.5, 0.6) is 5.75 Å². The number of aryl methyl sites for hydroxylation is 1. The van der Waals surface area contributed by atoms with E-state index in [1.54, 1.807) is 7.11 Å². The van der Waals surface area contributed by atoms with E-state index in [1.807, 2.05) is 25.1 Å². The van der Waals surface area contributed by atoms with Crippen LogP contribution in [0.15, 0.2) is 30.5 Å². The largest absolute Gasteiger partial charge is 0.496 e. The molecule has 0 N–H and O–H groups in total. The summed E-state index contributed by atoms with van der Waals surface area (Å²) in [6.07, 6.45) is 1.32. The summed E-state index contributed by atoms with van der Waals surface area (Å²) in [5.41, 5.74) is 2.09. The molecule has 0 fully saturated rings. The van der Waals surface area contributed by atoms with Crippen molar-refractivity contribution in [3.05, 3.63) is 57.3 Å². The van der Waals surface area contributed by atoms with E-state index >= 15 is 0 Å². The second-order valence-corrected chi connectivity index (χ2v) is 5.15. The predicted octanol–water partition coefficient (Wildman–Crippen LogP) is 4.06. The third-order valence-electron chi connectivity index (χ3n) is 2.83. The number of carbonyl (C=O) groups excluding carboxylic acids is 1. The zero-order valence-corrected chi connectivity index (χ0v) is 13.0. The van der Waals surface area contributed by atoms with Gasteiger partial charge in [0.2, 0.25) is 0 Å². The smallest absolute Gasteiger partial charge is 0.340 e. The van der Waals surface area contributed by atoms with Crippen LogP contribution in [-0.2, 0) is 11.3 Å². The van der Waals surface area contributed by atoms with Gasteiger partial charge in [-0.15, -0.1) is 0 Å². The monoisotopic (exact) mass is 325 g/mol. The minimum absolute atomic E-state index is 0.101. The number of ether oxygens (including phenoxy) is 2. The van der Waals surface area contributed by atoms with Gasteiger partial charge < -0.3 is 9.47 Å². The van der Waals surface area contributed by atoms with Crippen LogP contribution in [0.4, 0.5) is 0 Å². The van der Waals surface area contributed by atoms with Crippen LogP contribution in [-0.4, -0.2) is 18.1 Å². The van der Waals surface area contributed by atoms with Crippen molar-refractivity contribution < 1.29 is 14.3 Å². The van der Waals surface area contributed by atoms with Gasteiger partial charge in [0.15, 0.2) is 0 Å². The number of aromatic nitrogens is 1. The SMILES string of the molecule is COc1ccc(C)cc1COC(=O)c1cnc(Cl)c(Cl)c1. The van der Waals surface area contributed by atoms with Gasteiger partial charge in [0.1, 0.15) is 17.5 Å². The van der Waals surface area contributed by atoms with Gasteiger partial charge in [-0.05, 0) is 25.1 Å². The van der Waals surface area contributed by atoms with E-state index in [4.69, 9.17) is 32.7 Å². The molecule has 0 aliphatic heterocycles. The third-order valence-corrected chi connectivity index (χ3v) is 3.51. The Morgan fingerprint density at radius 2 is 2.05 bits per heavy atom. The second kappa shape index (κ2) is 6.78. The van der Waals surface area contributed by atoms with E-state index in [9.17, 15) is 4.79 Å². The minimum atomic E-state index is -0.523. The molecule has 1 heterocycles. The lowest BCUT2D eigenvalue weighted by atomic mass is 10.1. The van der Waals surface area contributed by atoms with E-state index in [0.717, 1.165) is 11.1 Å². The molecule has 0 spiro atoms. The molecule has 21 heavy (non-hydrogen) atoms. The summed E-state index contributed by atoms with van der Waals surface area (Å²) >= 11 is 11.5. The Morgan fingerprint density at radius 1 is 1.29 bits per heavy atom. The lowest BCUT2D eigenvalue weighted by Gasteiger charge is -2.10. The molecule has 0 saturated carbocycles. The Kier molecular flexibility index (Phi) is 5.04. The van der Waals surface area contributed by atoms with Crippen molar-refractivity contribution in [2.75, 3.05) is 7.11 Å². The van der Waals surface area contributed by atoms with E-state index < -0.39 is 5.97 Å². The highest BCUT2D eigenvalue weighted by Crippen LogP contribution is 2.22. The topological polar surface area (TPSA) is 48.4 Å². The molecule has 1 aromatic heterocycles. The van der Waals surface area contributed by atoms with Gasteiger partial charge in [0.05, 0.1) is 17.7 Å². The Hall–Kier alpha value is -1.78. The fraction of sp³-hybridized carbons (Fsp3) is 0.200. The molecule has 110 valence electrons. The molecule has 0 aliphatic carbocycles. The molecule has 6 heteroatoms. The molecule has 2 rings (SSSR count). The average molecular weight is 326 g/mol. The number of esters is 1.